The van der Waals surface area contributed by atoms with Crippen molar-refractivity contribution < 1.29 is 14.7 Å². The summed E-state index contributed by atoms with van der Waals surface area (Å²) in [5.74, 6) is -1.16. The molecule has 0 aliphatic heterocycles. The van der Waals surface area contributed by atoms with Crippen LogP contribution in [0.3, 0.4) is 0 Å². The summed E-state index contributed by atoms with van der Waals surface area (Å²) in [6, 6.07) is 4.82. The second-order valence-electron chi connectivity index (χ2n) is 3.03. The minimum absolute atomic E-state index is 0.109. The third-order valence-electron chi connectivity index (χ3n) is 2.13. The van der Waals surface area contributed by atoms with Crippen molar-refractivity contribution in [2.45, 2.75) is 0 Å². The van der Waals surface area contributed by atoms with Gasteiger partial charge in [0.1, 0.15) is 5.69 Å². The lowest BCUT2D eigenvalue weighted by Gasteiger charge is -1.91. The Morgan fingerprint density at radius 2 is 2.20 bits per heavy atom. The first-order chi connectivity index (χ1) is 7.13. The van der Waals surface area contributed by atoms with Crippen LogP contribution in [0.4, 0.5) is 0 Å². The molecule has 2 rings (SSSR count). The molecular formula is C10H6ClNO3. The summed E-state index contributed by atoms with van der Waals surface area (Å²) in [5.41, 5.74) is 0.598. The van der Waals surface area contributed by atoms with E-state index in [9.17, 15) is 9.59 Å². The van der Waals surface area contributed by atoms with Gasteiger partial charge in [-0.05, 0) is 18.2 Å². The van der Waals surface area contributed by atoms with E-state index in [1.807, 2.05) is 0 Å². The molecule has 0 bridgehead atoms. The van der Waals surface area contributed by atoms with Crippen LogP contribution in [0.25, 0.3) is 10.9 Å². The number of aldehydes is 1. The lowest BCUT2D eigenvalue weighted by molar-refractivity contribution is 0.0688. The Balaban J connectivity index is 2.85. The van der Waals surface area contributed by atoms with Crippen LogP contribution in [0.5, 0.6) is 0 Å². The molecule has 5 heteroatoms. The van der Waals surface area contributed by atoms with E-state index < -0.39 is 5.97 Å². The number of rotatable bonds is 2. The molecule has 0 spiro atoms. The third-order valence-corrected chi connectivity index (χ3v) is 2.37. The molecule has 0 aliphatic carbocycles. The summed E-state index contributed by atoms with van der Waals surface area (Å²) < 4.78 is 0. The average Bonchev–Trinajstić information content (AvgIpc) is 2.55. The normalized spacial score (nSPS) is 10.5. The number of aromatic carboxylic acids is 1. The van der Waals surface area contributed by atoms with E-state index in [4.69, 9.17) is 16.7 Å². The first kappa shape index (κ1) is 9.73. The number of H-pyrrole nitrogens is 1. The molecule has 1 heterocycles. The number of carbonyl (C=O) groups excluding carboxylic acids is 1. The molecule has 2 N–H and O–H groups in total. The van der Waals surface area contributed by atoms with Gasteiger partial charge in [-0.15, -0.1) is 0 Å². The smallest absolute Gasteiger partial charge is 0.353 e. The number of carbonyl (C=O) groups is 2. The predicted molar refractivity (Wildman–Crippen MR) is 55.7 cm³/mol. The van der Waals surface area contributed by atoms with Gasteiger partial charge in [0.05, 0.1) is 5.56 Å². The number of carboxylic acid groups (broad SMARTS) is 1. The number of aromatic nitrogens is 1. The standard InChI is InChI=1S/C10H6ClNO3/c11-5-1-2-8-6(3-5)7(4-13)9(12-8)10(14)15/h1-4,12H,(H,14,15). The van der Waals surface area contributed by atoms with Gasteiger partial charge in [-0.1, -0.05) is 11.6 Å². The fraction of sp³-hybridized carbons (Fsp3) is 0. The highest BCUT2D eigenvalue weighted by atomic mass is 35.5. The molecule has 0 amide bonds. The number of halogens is 1. The molecular weight excluding hydrogens is 218 g/mol. The highest BCUT2D eigenvalue weighted by Gasteiger charge is 2.16. The first-order valence-electron chi connectivity index (χ1n) is 4.13. The summed E-state index contributed by atoms with van der Waals surface area (Å²) in [6.45, 7) is 0. The van der Waals surface area contributed by atoms with Gasteiger partial charge >= 0.3 is 5.97 Å². The zero-order valence-electron chi connectivity index (χ0n) is 7.45. The van der Waals surface area contributed by atoms with E-state index in [0.29, 0.717) is 22.2 Å². The molecule has 76 valence electrons. The molecule has 0 aliphatic rings. The quantitative estimate of drug-likeness (QED) is 0.768. The topological polar surface area (TPSA) is 70.2 Å². The summed E-state index contributed by atoms with van der Waals surface area (Å²) in [6.07, 6.45) is 0.513. The molecule has 15 heavy (non-hydrogen) atoms. The van der Waals surface area contributed by atoms with Crippen molar-refractivity contribution in [2.75, 3.05) is 0 Å². The number of aromatic amines is 1. The number of hydrogen-bond acceptors (Lipinski definition) is 2. The van der Waals surface area contributed by atoms with Crippen molar-refractivity contribution in [1.29, 1.82) is 0 Å². The Morgan fingerprint density at radius 3 is 2.80 bits per heavy atom. The second kappa shape index (κ2) is 3.40. The van der Waals surface area contributed by atoms with Crippen molar-refractivity contribution in [3.05, 3.63) is 34.5 Å². The third kappa shape index (κ3) is 1.49. The van der Waals surface area contributed by atoms with Gasteiger partial charge in [0, 0.05) is 15.9 Å². The average molecular weight is 224 g/mol. The maximum atomic E-state index is 10.8. The van der Waals surface area contributed by atoms with Gasteiger partial charge in [0.15, 0.2) is 6.29 Å². The molecule has 4 nitrogen and oxygen atoms in total. The minimum atomic E-state index is -1.16. The lowest BCUT2D eigenvalue weighted by atomic mass is 10.1. The molecule has 0 unspecified atom stereocenters. The highest BCUT2D eigenvalue weighted by Crippen LogP contribution is 2.24. The largest absolute Gasteiger partial charge is 0.477 e. The van der Waals surface area contributed by atoms with Gasteiger partial charge in [-0.25, -0.2) is 4.79 Å². The van der Waals surface area contributed by atoms with Crippen molar-refractivity contribution in [3.8, 4) is 0 Å². The molecule has 0 atom stereocenters. The summed E-state index contributed by atoms with van der Waals surface area (Å²) in [7, 11) is 0. The van der Waals surface area contributed by atoms with Crippen LogP contribution < -0.4 is 0 Å². The molecule has 0 saturated carbocycles. The first-order valence-corrected chi connectivity index (χ1v) is 4.51. The van der Waals surface area contributed by atoms with Crippen LogP contribution in [0.15, 0.2) is 18.2 Å². The molecule has 1 aromatic carbocycles. The number of hydrogen-bond donors (Lipinski definition) is 2. The van der Waals surface area contributed by atoms with Crippen LogP contribution in [-0.2, 0) is 0 Å². The van der Waals surface area contributed by atoms with E-state index in [-0.39, 0.29) is 11.3 Å². The predicted octanol–water partition coefficient (Wildman–Crippen LogP) is 2.33. The summed E-state index contributed by atoms with van der Waals surface area (Å²) in [4.78, 5) is 24.3. The summed E-state index contributed by atoms with van der Waals surface area (Å²) in [5, 5.41) is 9.83. The molecule has 0 saturated heterocycles. The molecule has 2 aromatic rings. The minimum Gasteiger partial charge on any atom is -0.477 e. The molecule has 0 fully saturated rings. The Hall–Kier alpha value is -1.81. The van der Waals surface area contributed by atoms with Crippen LogP contribution in [-0.4, -0.2) is 22.3 Å². The number of fused-ring (bicyclic) bond motifs is 1. The monoisotopic (exact) mass is 223 g/mol. The SMILES string of the molecule is O=Cc1c(C(=O)O)[nH]c2ccc(Cl)cc12. The number of nitrogens with one attached hydrogen (secondary N) is 1. The van der Waals surface area contributed by atoms with Crippen LogP contribution >= 0.6 is 11.6 Å². The van der Waals surface area contributed by atoms with E-state index in [1.165, 1.54) is 0 Å². The highest BCUT2D eigenvalue weighted by molar-refractivity contribution is 6.31. The molecule has 0 radical (unpaired) electrons. The lowest BCUT2D eigenvalue weighted by Crippen LogP contribution is -2.00. The number of benzene rings is 1. The summed E-state index contributed by atoms with van der Waals surface area (Å²) >= 11 is 5.76. The van der Waals surface area contributed by atoms with Gasteiger partial charge in [0.2, 0.25) is 0 Å². The maximum Gasteiger partial charge on any atom is 0.353 e. The van der Waals surface area contributed by atoms with Gasteiger partial charge in [-0.3, -0.25) is 4.79 Å². The van der Waals surface area contributed by atoms with Gasteiger partial charge < -0.3 is 10.1 Å². The van der Waals surface area contributed by atoms with E-state index in [1.54, 1.807) is 18.2 Å². The Labute approximate surface area is 89.5 Å². The van der Waals surface area contributed by atoms with Crippen LogP contribution in [0, 0.1) is 0 Å². The van der Waals surface area contributed by atoms with Crippen molar-refractivity contribution in [2.24, 2.45) is 0 Å². The van der Waals surface area contributed by atoms with Gasteiger partial charge in [0.25, 0.3) is 0 Å². The van der Waals surface area contributed by atoms with Crippen LogP contribution in [0.2, 0.25) is 5.02 Å². The van der Waals surface area contributed by atoms with E-state index >= 15 is 0 Å². The van der Waals surface area contributed by atoms with Crippen molar-refractivity contribution in [1.82, 2.24) is 4.98 Å². The molecule has 1 aromatic heterocycles. The maximum absolute atomic E-state index is 10.8. The van der Waals surface area contributed by atoms with Crippen molar-refractivity contribution in [3.63, 3.8) is 0 Å². The number of carboxylic acids is 1. The Kier molecular flexibility index (Phi) is 2.21. The van der Waals surface area contributed by atoms with E-state index in [0.717, 1.165) is 0 Å². The second-order valence-corrected chi connectivity index (χ2v) is 3.46. The fourth-order valence-corrected chi connectivity index (χ4v) is 1.65. The van der Waals surface area contributed by atoms with Gasteiger partial charge in [-0.2, -0.15) is 0 Å². The van der Waals surface area contributed by atoms with Crippen LogP contribution in [0.1, 0.15) is 20.8 Å². The Bertz CT molecular complexity index is 559. The zero-order chi connectivity index (χ0) is 11.0. The Morgan fingerprint density at radius 1 is 1.47 bits per heavy atom. The van der Waals surface area contributed by atoms with Crippen molar-refractivity contribution >= 4 is 34.8 Å². The zero-order valence-corrected chi connectivity index (χ0v) is 8.21. The fourth-order valence-electron chi connectivity index (χ4n) is 1.48. The van der Waals surface area contributed by atoms with E-state index in [2.05, 4.69) is 4.98 Å².